The van der Waals surface area contributed by atoms with Gasteiger partial charge in [-0.3, -0.25) is 4.79 Å². The minimum atomic E-state index is -0.369. The summed E-state index contributed by atoms with van der Waals surface area (Å²) in [5, 5.41) is 4.78. The van der Waals surface area contributed by atoms with E-state index in [1.165, 1.54) is 6.07 Å². The van der Waals surface area contributed by atoms with Crippen LogP contribution in [0.2, 0.25) is 5.02 Å². The highest BCUT2D eigenvalue weighted by molar-refractivity contribution is 9.10. The van der Waals surface area contributed by atoms with Crippen LogP contribution in [0, 0.1) is 5.82 Å². The summed E-state index contributed by atoms with van der Waals surface area (Å²) in [6.45, 7) is 0.301. The molecule has 0 N–H and O–H groups in total. The number of carbonyl (C=O) groups excluding carboxylic acids is 1. The fraction of sp³-hybridized carbons (Fsp3) is 0. The largest absolute Gasteiger partial charge is 0.408 e. The number of benzene rings is 2. The number of halogens is 3. The molecule has 116 valence electrons. The maximum Gasteiger partial charge on any atom is 0.299 e. The molecule has 0 unspecified atom stereocenters. The Kier molecular flexibility index (Phi) is 4.45. The van der Waals surface area contributed by atoms with Crippen molar-refractivity contribution in [2.75, 3.05) is 0 Å². The van der Waals surface area contributed by atoms with E-state index in [1.807, 2.05) is 6.07 Å². The SMILES string of the molecule is O=COc1cc(-c2ccc(F)c(Br)c2)n(-c2cccc(Cl)c2)n1. The maximum absolute atomic E-state index is 13.5. The van der Waals surface area contributed by atoms with Crippen LogP contribution in [0.15, 0.2) is 53.0 Å². The highest BCUT2D eigenvalue weighted by Crippen LogP contribution is 2.30. The molecule has 23 heavy (non-hydrogen) atoms. The number of rotatable bonds is 4. The first-order valence-electron chi connectivity index (χ1n) is 6.50. The molecule has 3 rings (SSSR count). The third-order valence-electron chi connectivity index (χ3n) is 3.12. The van der Waals surface area contributed by atoms with E-state index in [-0.39, 0.29) is 11.7 Å². The van der Waals surface area contributed by atoms with Gasteiger partial charge in [-0.15, -0.1) is 5.10 Å². The molecule has 0 aliphatic heterocycles. The van der Waals surface area contributed by atoms with E-state index in [0.717, 1.165) is 0 Å². The Morgan fingerprint density at radius 1 is 1.22 bits per heavy atom. The van der Waals surface area contributed by atoms with Crippen LogP contribution in [0.3, 0.4) is 0 Å². The molecule has 0 atom stereocenters. The van der Waals surface area contributed by atoms with Gasteiger partial charge in [-0.1, -0.05) is 17.7 Å². The van der Waals surface area contributed by atoms with E-state index in [9.17, 15) is 9.18 Å². The van der Waals surface area contributed by atoms with Crippen molar-refractivity contribution in [3.63, 3.8) is 0 Å². The molecule has 0 aliphatic carbocycles. The van der Waals surface area contributed by atoms with Crippen molar-refractivity contribution in [2.24, 2.45) is 0 Å². The van der Waals surface area contributed by atoms with Gasteiger partial charge in [0.05, 0.1) is 15.9 Å². The van der Waals surface area contributed by atoms with Gasteiger partial charge in [0.1, 0.15) is 5.82 Å². The highest BCUT2D eigenvalue weighted by Gasteiger charge is 2.14. The van der Waals surface area contributed by atoms with E-state index in [2.05, 4.69) is 21.0 Å². The van der Waals surface area contributed by atoms with E-state index < -0.39 is 0 Å². The predicted octanol–water partition coefficient (Wildman–Crippen LogP) is 4.63. The minimum absolute atomic E-state index is 0.135. The molecule has 4 nitrogen and oxygen atoms in total. The van der Waals surface area contributed by atoms with Crippen molar-refractivity contribution < 1.29 is 13.9 Å². The molecule has 2 aromatic carbocycles. The predicted molar refractivity (Wildman–Crippen MR) is 88.4 cm³/mol. The standard InChI is InChI=1S/C16H9BrClFN2O2/c17-13-6-10(4-5-14(13)19)15-8-16(23-9-22)20-21(15)12-3-1-2-11(18)7-12/h1-9H. The molecule has 1 heterocycles. The second-order valence-electron chi connectivity index (χ2n) is 4.60. The Morgan fingerprint density at radius 2 is 2.04 bits per heavy atom. The molecule has 0 saturated carbocycles. The average molecular weight is 396 g/mol. The molecular formula is C16H9BrClFN2O2. The minimum Gasteiger partial charge on any atom is -0.408 e. The summed E-state index contributed by atoms with van der Waals surface area (Å²) in [5.74, 6) is -0.234. The van der Waals surface area contributed by atoms with Gasteiger partial charge in [0, 0.05) is 16.7 Å². The summed E-state index contributed by atoms with van der Waals surface area (Å²) in [5.41, 5.74) is 2.02. The van der Waals surface area contributed by atoms with Crippen LogP contribution in [-0.2, 0) is 4.79 Å². The molecule has 0 spiro atoms. The first-order valence-corrected chi connectivity index (χ1v) is 7.67. The number of nitrogens with zero attached hydrogens (tertiary/aromatic N) is 2. The van der Waals surface area contributed by atoms with Crippen molar-refractivity contribution >= 4 is 34.0 Å². The summed E-state index contributed by atoms with van der Waals surface area (Å²) in [4.78, 5) is 10.6. The van der Waals surface area contributed by atoms with Crippen LogP contribution < -0.4 is 4.74 Å². The fourth-order valence-electron chi connectivity index (χ4n) is 2.13. The average Bonchev–Trinajstić information content (AvgIpc) is 2.94. The third kappa shape index (κ3) is 3.28. The zero-order chi connectivity index (χ0) is 16.4. The number of carbonyl (C=O) groups is 1. The normalized spacial score (nSPS) is 10.6. The first kappa shape index (κ1) is 15.7. The molecule has 7 heteroatoms. The lowest BCUT2D eigenvalue weighted by Crippen LogP contribution is -2.00. The lowest BCUT2D eigenvalue weighted by Gasteiger charge is -2.08. The first-order chi connectivity index (χ1) is 11.1. The Balaban J connectivity index is 2.18. The molecule has 0 aliphatic rings. The van der Waals surface area contributed by atoms with Gasteiger partial charge >= 0.3 is 0 Å². The summed E-state index contributed by atoms with van der Waals surface area (Å²) in [6.07, 6.45) is 0. The Morgan fingerprint density at radius 3 is 2.74 bits per heavy atom. The Hall–Kier alpha value is -2.18. The lowest BCUT2D eigenvalue weighted by atomic mass is 10.1. The summed E-state index contributed by atoms with van der Waals surface area (Å²) >= 11 is 9.18. The van der Waals surface area contributed by atoms with Gasteiger partial charge in [-0.05, 0) is 52.3 Å². The Labute approximate surface area is 144 Å². The van der Waals surface area contributed by atoms with Crippen LogP contribution in [0.25, 0.3) is 16.9 Å². The van der Waals surface area contributed by atoms with E-state index in [0.29, 0.717) is 32.9 Å². The smallest absolute Gasteiger partial charge is 0.299 e. The zero-order valence-corrected chi connectivity index (χ0v) is 13.9. The maximum atomic E-state index is 13.5. The molecule has 0 bridgehead atoms. The van der Waals surface area contributed by atoms with Crippen molar-refractivity contribution in [1.82, 2.24) is 9.78 Å². The molecular weight excluding hydrogens is 387 g/mol. The van der Waals surface area contributed by atoms with Crippen LogP contribution in [0.1, 0.15) is 0 Å². The lowest BCUT2D eigenvalue weighted by molar-refractivity contribution is -0.120. The van der Waals surface area contributed by atoms with E-state index >= 15 is 0 Å². The van der Waals surface area contributed by atoms with Crippen molar-refractivity contribution in [2.45, 2.75) is 0 Å². The van der Waals surface area contributed by atoms with Crippen molar-refractivity contribution in [1.29, 1.82) is 0 Å². The highest BCUT2D eigenvalue weighted by atomic mass is 79.9. The van der Waals surface area contributed by atoms with Gasteiger partial charge in [0.25, 0.3) is 6.47 Å². The van der Waals surface area contributed by atoms with E-state index in [1.54, 1.807) is 41.1 Å². The third-order valence-corrected chi connectivity index (χ3v) is 3.97. The Bertz CT molecular complexity index is 882. The van der Waals surface area contributed by atoms with E-state index in [4.69, 9.17) is 16.3 Å². The van der Waals surface area contributed by atoms with Crippen LogP contribution >= 0.6 is 27.5 Å². The fourth-order valence-corrected chi connectivity index (χ4v) is 2.70. The molecule has 0 fully saturated rings. The molecule has 3 aromatic rings. The summed E-state index contributed by atoms with van der Waals surface area (Å²) in [6, 6.07) is 13.2. The summed E-state index contributed by atoms with van der Waals surface area (Å²) in [7, 11) is 0. The second-order valence-corrected chi connectivity index (χ2v) is 5.89. The van der Waals surface area contributed by atoms with Gasteiger partial charge < -0.3 is 4.74 Å². The zero-order valence-electron chi connectivity index (χ0n) is 11.5. The summed E-state index contributed by atoms with van der Waals surface area (Å²) < 4.78 is 20.2. The van der Waals surface area contributed by atoms with Gasteiger partial charge in [0.15, 0.2) is 0 Å². The second kappa shape index (κ2) is 6.52. The molecule has 0 radical (unpaired) electrons. The van der Waals surface area contributed by atoms with Gasteiger partial charge in [-0.2, -0.15) is 0 Å². The topological polar surface area (TPSA) is 44.1 Å². The quantitative estimate of drug-likeness (QED) is 0.605. The number of aromatic nitrogens is 2. The van der Waals surface area contributed by atoms with Gasteiger partial charge in [0.2, 0.25) is 5.88 Å². The molecule has 0 amide bonds. The van der Waals surface area contributed by atoms with Crippen LogP contribution in [0.4, 0.5) is 4.39 Å². The van der Waals surface area contributed by atoms with Crippen molar-refractivity contribution in [3.8, 4) is 22.8 Å². The molecule has 1 aromatic heterocycles. The number of ether oxygens (including phenoxy) is 1. The van der Waals surface area contributed by atoms with Crippen LogP contribution in [-0.4, -0.2) is 16.3 Å². The van der Waals surface area contributed by atoms with Gasteiger partial charge in [-0.25, -0.2) is 9.07 Å². The van der Waals surface area contributed by atoms with Crippen molar-refractivity contribution in [3.05, 3.63) is 63.8 Å². The monoisotopic (exact) mass is 394 g/mol. The van der Waals surface area contributed by atoms with Crippen LogP contribution in [0.5, 0.6) is 5.88 Å². The number of hydrogen-bond acceptors (Lipinski definition) is 3. The number of hydrogen-bond donors (Lipinski definition) is 0. The molecule has 0 saturated heterocycles.